The van der Waals surface area contributed by atoms with E-state index in [9.17, 15) is 13.2 Å². The van der Waals surface area contributed by atoms with Crippen molar-refractivity contribution in [2.75, 3.05) is 18.0 Å². The molecule has 38 heavy (non-hydrogen) atoms. The van der Waals surface area contributed by atoms with E-state index in [0.717, 1.165) is 41.5 Å². The first-order valence-electron chi connectivity index (χ1n) is 12.8. The van der Waals surface area contributed by atoms with Crippen LogP contribution in [-0.2, 0) is 16.6 Å². The highest BCUT2D eigenvalue weighted by Crippen LogP contribution is 2.35. The molecule has 1 amide bonds. The lowest BCUT2D eigenvalue weighted by atomic mass is 10.2. The van der Waals surface area contributed by atoms with Crippen LogP contribution in [0.25, 0.3) is 10.2 Å². The van der Waals surface area contributed by atoms with Crippen LogP contribution in [0.4, 0.5) is 5.13 Å². The number of anilines is 1. The Balaban J connectivity index is 1.65. The van der Waals surface area contributed by atoms with Gasteiger partial charge in [-0.2, -0.15) is 4.31 Å². The van der Waals surface area contributed by atoms with Crippen molar-refractivity contribution in [2.45, 2.75) is 57.9 Å². The number of furan rings is 1. The van der Waals surface area contributed by atoms with Crippen LogP contribution in [0.2, 0.25) is 5.02 Å². The number of carbonyl (C=O) groups is 1. The lowest BCUT2D eigenvalue weighted by molar-refractivity contribution is 0.0983. The number of hydrogen-bond acceptors (Lipinski definition) is 6. The Morgan fingerprint density at radius 2 is 1.71 bits per heavy atom. The fourth-order valence-corrected chi connectivity index (χ4v) is 6.78. The molecule has 202 valence electrons. The SMILES string of the molecule is CCCCN(CCCC)S(=O)(=O)c1ccc(C(=O)N(Cc2ccco2)c2nc3c(C)c(Cl)ccc3s2)cc1. The number of halogens is 1. The Bertz CT molecular complexity index is 1470. The van der Waals surface area contributed by atoms with E-state index in [1.54, 1.807) is 39.7 Å². The molecule has 0 atom stereocenters. The number of carbonyl (C=O) groups excluding carboxylic acids is 1. The van der Waals surface area contributed by atoms with Gasteiger partial charge in [0.2, 0.25) is 10.0 Å². The van der Waals surface area contributed by atoms with Gasteiger partial charge in [-0.25, -0.2) is 13.4 Å². The van der Waals surface area contributed by atoms with Gasteiger partial charge in [0.15, 0.2) is 5.13 Å². The van der Waals surface area contributed by atoms with Gasteiger partial charge in [0, 0.05) is 23.7 Å². The molecule has 0 spiro atoms. The predicted molar refractivity (Wildman–Crippen MR) is 154 cm³/mol. The molecule has 10 heteroatoms. The van der Waals surface area contributed by atoms with Gasteiger partial charge in [-0.1, -0.05) is 49.6 Å². The van der Waals surface area contributed by atoms with E-state index in [0.29, 0.717) is 34.6 Å². The van der Waals surface area contributed by atoms with Gasteiger partial charge in [-0.15, -0.1) is 0 Å². The van der Waals surface area contributed by atoms with Gasteiger partial charge in [-0.05, 0) is 73.9 Å². The number of sulfonamides is 1. The molecule has 0 radical (unpaired) electrons. The van der Waals surface area contributed by atoms with Crippen LogP contribution in [0.3, 0.4) is 0 Å². The number of aromatic nitrogens is 1. The van der Waals surface area contributed by atoms with Crippen molar-refractivity contribution >= 4 is 54.2 Å². The van der Waals surface area contributed by atoms with E-state index < -0.39 is 10.0 Å². The number of nitrogens with zero attached hydrogens (tertiary/aromatic N) is 3. The fourth-order valence-electron chi connectivity index (χ4n) is 4.08. The summed E-state index contributed by atoms with van der Waals surface area (Å²) in [7, 11) is -3.66. The summed E-state index contributed by atoms with van der Waals surface area (Å²) in [6.07, 6.45) is 4.98. The van der Waals surface area contributed by atoms with Crippen LogP contribution in [0.5, 0.6) is 0 Å². The van der Waals surface area contributed by atoms with Crippen LogP contribution in [-0.4, -0.2) is 36.7 Å². The van der Waals surface area contributed by atoms with Crippen LogP contribution in [0.15, 0.2) is 64.1 Å². The van der Waals surface area contributed by atoms with E-state index in [4.69, 9.17) is 21.0 Å². The van der Waals surface area contributed by atoms with Gasteiger partial charge in [0.1, 0.15) is 5.76 Å². The first-order chi connectivity index (χ1) is 18.3. The van der Waals surface area contributed by atoms with Crippen LogP contribution >= 0.6 is 22.9 Å². The van der Waals surface area contributed by atoms with Crippen molar-refractivity contribution in [3.05, 3.63) is 76.7 Å². The highest BCUT2D eigenvalue weighted by Gasteiger charge is 2.26. The molecule has 7 nitrogen and oxygen atoms in total. The number of thiazole rings is 1. The fraction of sp³-hybridized carbons (Fsp3) is 0.357. The Labute approximate surface area is 233 Å². The van der Waals surface area contributed by atoms with Crippen molar-refractivity contribution in [3.63, 3.8) is 0 Å². The minimum Gasteiger partial charge on any atom is -0.467 e. The summed E-state index contributed by atoms with van der Waals surface area (Å²) >= 11 is 7.69. The zero-order chi connectivity index (χ0) is 27.3. The summed E-state index contributed by atoms with van der Waals surface area (Å²) in [4.78, 5) is 20.2. The number of hydrogen-bond donors (Lipinski definition) is 0. The van der Waals surface area contributed by atoms with Crippen molar-refractivity contribution < 1.29 is 17.6 Å². The minimum absolute atomic E-state index is 0.181. The molecule has 2 aromatic heterocycles. The maximum Gasteiger partial charge on any atom is 0.260 e. The summed E-state index contributed by atoms with van der Waals surface area (Å²) in [6.45, 7) is 7.13. The molecule has 0 aliphatic carbocycles. The second kappa shape index (κ2) is 12.4. The molecule has 0 aliphatic rings. The highest BCUT2D eigenvalue weighted by molar-refractivity contribution is 7.89. The quantitative estimate of drug-likeness (QED) is 0.178. The zero-order valence-corrected chi connectivity index (χ0v) is 24.2. The van der Waals surface area contributed by atoms with Crippen LogP contribution in [0, 0.1) is 6.92 Å². The van der Waals surface area contributed by atoms with Gasteiger partial charge in [0.05, 0.1) is 27.9 Å². The van der Waals surface area contributed by atoms with E-state index in [-0.39, 0.29) is 17.3 Å². The van der Waals surface area contributed by atoms with Crippen LogP contribution in [0.1, 0.15) is 61.2 Å². The first-order valence-corrected chi connectivity index (χ1v) is 15.4. The standard InChI is InChI=1S/C28H32ClN3O4S2/c1-4-6-16-31(17-7-5-2)38(34,35)23-12-10-21(11-13-23)27(33)32(19-22-9-8-18-36-22)28-30-26-20(3)24(29)14-15-25(26)37-28/h8-15,18H,4-7,16-17,19H2,1-3H3. The van der Waals surface area contributed by atoms with Gasteiger partial charge in [0.25, 0.3) is 5.91 Å². The van der Waals surface area contributed by atoms with E-state index in [2.05, 4.69) is 0 Å². The monoisotopic (exact) mass is 573 g/mol. The topological polar surface area (TPSA) is 83.7 Å². The van der Waals surface area contributed by atoms with Crippen molar-refractivity contribution in [1.82, 2.24) is 9.29 Å². The zero-order valence-electron chi connectivity index (χ0n) is 21.8. The maximum atomic E-state index is 13.7. The first kappa shape index (κ1) is 28.3. The summed E-state index contributed by atoms with van der Waals surface area (Å²) in [6, 6.07) is 13.4. The number of aryl methyl sites for hydroxylation is 1. The normalized spacial score (nSPS) is 11.9. The summed E-state index contributed by atoms with van der Waals surface area (Å²) in [5.41, 5.74) is 1.95. The van der Waals surface area contributed by atoms with Gasteiger partial charge in [-0.3, -0.25) is 9.69 Å². The molecule has 0 saturated carbocycles. The minimum atomic E-state index is -3.66. The molecule has 0 unspecified atom stereocenters. The Morgan fingerprint density at radius 3 is 2.32 bits per heavy atom. The van der Waals surface area contributed by atoms with Crippen molar-refractivity contribution in [1.29, 1.82) is 0 Å². The number of amides is 1. The summed E-state index contributed by atoms with van der Waals surface area (Å²) < 4.78 is 34.7. The molecule has 0 bridgehead atoms. The third kappa shape index (κ3) is 6.12. The third-order valence-corrected chi connectivity index (χ3v) is 9.73. The number of rotatable bonds is 12. The average Bonchev–Trinajstić information content (AvgIpc) is 3.59. The number of unbranched alkanes of at least 4 members (excludes halogenated alkanes) is 2. The molecule has 0 fully saturated rings. The van der Waals surface area contributed by atoms with Gasteiger partial charge < -0.3 is 4.42 Å². The maximum absolute atomic E-state index is 13.7. The largest absolute Gasteiger partial charge is 0.467 e. The van der Waals surface area contributed by atoms with Crippen molar-refractivity contribution in [2.24, 2.45) is 0 Å². The second-order valence-electron chi connectivity index (χ2n) is 9.12. The summed E-state index contributed by atoms with van der Waals surface area (Å²) in [5, 5.41) is 1.12. The molecule has 2 aromatic carbocycles. The van der Waals surface area contributed by atoms with Gasteiger partial charge >= 0.3 is 0 Å². The lowest BCUT2D eigenvalue weighted by Gasteiger charge is -2.22. The van der Waals surface area contributed by atoms with Crippen molar-refractivity contribution in [3.8, 4) is 0 Å². The molecule has 2 heterocycles. The second-order valence-corrected chi connectivity index (χ2v) is 12.5. The number of benzene rings is 2. The predicted octanol–water partition coefficient (Wildman–Crippen LogP) is 7.29. The highest BCUT2D eigenvalue weighted by atomic mass is 35.5. The smallest absolute Gasteiger partial charge is 0.260 e. The average molecular weight is 574 g/mol. The Hall–Kier alpha value is -2.72. The molecule has 4 aromatic rings. The van der Waals surface area contributed by atoms with E-state index in [1.807, 2.05) is 32.9 Å². The Kier molecular flexibility index (Phi) is 9.25. The lowest BCUT2D eigenvalue weighted by Crippen LogP contribution is -2.33. The molecular weight excluding hydrogens is 542 g/mol. The third-order valence-electron chi connectivity index (χ3n) is 6.37. The molecule has 0 aliphatic heterocycles. The molecular formula is C28H32ClN3O4S2. The molecule has 4 rings (SSSR count). The van der Waals surface area contributed by atoms with E-state index >= 15 is 0 Å². The molecule has 0 N–H and O–H groups in total. The van der Waals surface area contributed by atoms with E-state index in [1.165, 1.54) is 23.5 Å². The van der Waals surface area contributed by atoms with Crippen LogP contribution < -0.4 is 4.90 Å². The summed E-state index contributed by atoms with van der Waals surface area (Å²) in [5.74, 6) is 0.302. The Morgan fingerprint density at radius 1 is 1.03 bits per heavy atom. The molecule has 0 saturated heterocycles. The number of fused-ring (bicyclic) bond motifs is 1.